The molecule has 0 atom stereocenters. The number of pyridine rings is 1. The summed E-state index contributed by atoms with van der Waals surface area (Å²) in [6.07, 6.45) is 1.80. The minimum Gasteiger partial charge on any atom is -0.507 e. The van der Waals surface area contributed by atoms with Crippen molar-refractivity contribution >= 4 is 11.0 Å². The zero-order valence-electron chi connectivity index (χ0n) is 42.3. The third-order valence-corrected chi connectivity index (χ3v) is 12.1. The maximum absolute atomic E-state index is 12.5. The standard InChI is InChI=1S/C59H62N3O.Pt/c1-37-22-24-39(25-23-37)41-28-29-60-50(34-41)43-30-42(31-44(32-43)56(2,3)4)46-20-17-21-52-53(46)61-55(47-35-45(57(5,6)7)36-49(54(47)63)59(11,12)13)62(52)51-27-26-40(33-48(51)58(8,9)10)38-18-15-14-16-19-38;/h14-29,31-36,63H,1-13H3;/q-1;/i1D3;. The number of rotatable bonds is 6. The van der Waals surface area contributed by atoms with E-state index in [-0.39, 0.29) is 48.5 Å². The summed E-state index contributed by atoms with van der Waals surface area (Å²) in [4.78, 5) is 10.5. The van der Waals surface area contributed by atoms with Gasteiger partial charge >= 0.3 is 0 Å². The van der Waals surface area contributed by atoms with Gasteiger partial charge in [-0.15, -0.1) is 29.3 Å². The molecule has 4 nitrogen and oxygen atoms in total. The molecule has 0 amide bonds. The Hall–Kier alpha value is -5.57. The number of aryl methyl sites for hydroxylation is 1. The van der Waals surface area contributed by atoms with Crippen molar-refractivity contribution in [2.45, 2.75) is 112 Å². The molecule has 0 saturated heterocycles. The van der Waals surface area contributed by atoms with Crippen LogP contribution in [0.1, 0.15) is 115 Å². The van der Waals surface area contributed by atoms with Gasteiger partial charge in [0.25, 0.3) is 0 Å². The second-order valence-corrected chi connectivity index (χ2v) is 21.2. The molecule has 0 fully saturated rings. The van der Waals surface area contributed by atoms with Gasteiger partial charge in [-0.05, 0) is 92.2 Å². The molecule has 1 N–H and O–H groups in total. The fourth-order valence-electron chi connectivity index (χ4n) is 8.40. The van der Waals surface area contributed by atoms with Gasteiger partial charge in [-0.1, -0.05) is 185 Å². The van der Waals surface area contributed by atoms with Crippen LogP contribution in [0, 0.1) is 12.9 Å². The number of fused-ring (bicyclic) bond motifs is 1. The number of imidazole rings is 1. The number of para-hydroxylation sites is 1. The molecule has 0 saturated carbocycles. The molecule has 0 aliphatic heterocycles. The van der Waals surface area contributed by atoms with Crippen LogP contribution in [0.5, 0.6) is 5.75 Å². The van der Waals surface area contributed by atoms with Crippen molar-refractivity contribution in [1.29, 1.82) is 0 Å². The van der Waals surface area contributed by atoms with Gasteiger partial charge in [0, 0.05) is 42.6 Å². The minimum atomic E-state index is -2.17. The second-order valence-electron chi connectivity index (χ2n) is 21.2. The zero-order valence-corrected chi connectivity index (χ0v) is 41.6. The maximum Gasteiger partial charge on any atom is 0.148 e. The number of aromatic nitrogens is 3. The molecule has 2 aromatic heterocycles. The van der Waals surface area contributed by atoms with Crippen LogP contribution >= 0.6 is 0 Å². The smallest absolute Gasteiger partial charge is 0.148 e. The zero-order chi connectivity index (χ0) is 47.7. The first-order valence-electron chi connectivity index (χ1n) is 23.5. The van der Waals surface area contributed by atoms with Gasteiger partial charge in [-0.3, -0.25) is 9.55 Å². The first-order chi connectivity index (χ1) is 30.8. The van der Waals surface area contributed by atoms with Crippen molar-refractivity contribution in [2.75, 3.05) is 0 Å². The molecule has 0 aliphatic carbocycles. The van der Waals surface area contributed by atoms with Crippen molar-refractivity contribution in [3.8, 4) is 67.5 Å². The van der Waals surface area contributed by atoms with Crippen molar-refractivity contribution in [3.63, 3.8) is 0 Å². The van der Waals surface area contributed by atoms with E-state index in [2.05, 4.69) is 179 Å². The van der Waals surface area contributed by atoms with Crippen LogP contribution in [-0.2, 0) is 42.7 Å². The second kappa shape index (κ2) is 17.1. The van der Waals surface area contributed by atoms with Gasteiger partial charge in [0.1, 0.15) is 11.6 Å². The predicted molar refractivity (Wildman–Crippen MR) is 266 cm³/mol. The summed E-state index contributed by atoms with van der Waals surface area (Å²) >= 11 is 0. The number of aromatic hydroxyl groups is 1. The Bertz CT molecular complexity index is 3100. The summed E-state index contributed by atoms with van der Waals surface area (Å²) in [6, 6.07) is 47.1. The van der Waals surface area contributed by atoms with E-state index in [0.29, 0.717) is 17.0 Å². The Morgan fingerprint density at radius 1 is 0.547 bits per heavy atom. The molecule has 2 heterocycles. The number of nitrogens with zero attached hydrogens (tertiary/aromatic N) is 3. The van der Waals surface area contributed by atoms with E-state index in [1.54, 1.807) is 18.3 Å². The van der Waals surface area contributed by atoms with E-state index in [1.165, 1.54) is 0 Å². The molecule has 64 heavy (non-hydrogen) atoms. The third kappa shape index (κ3) is 9.18. The largest absolute Gasteiger partial charge is 0.507 e. The molecule has 330 valence electrons. The average molecular weight is 1030 g/mol. The van der Waals surface area contributed by atoms with Gasteiger partial charge in [0.15, 0.2) is 0 Å². The van der Waals surface area contributed by atoms with Gasteiger partial charge in [-0.25, -0.2) is 4.98 Å². The number of benzene rings is 6. The van der Waals surface area contributed by atoms with Gasteiger partial charge < -0.3 is 5.11 Å². The molecule has 6 aromatic carbocycles. The van der Waals surface area contributed by atoms with Crippen molar-refractivity contribution < 1.29 is 30.3 Å². The van der Waals surface area contributed by atoms with E-state index in [1.807, 2.05) is 30.3 Å². The summed E-state index contributed by atoms with van der Waals surface area (Å²) < 4.78 is 25.8. The van der Waals surface area contributed by atoms with Crippen LogP contribution in [0.4, 0.5) is 0 Å². The molecule has 0 radical (unpaired) electrons. The SMILES string of the molecule is [2H]C([2H])([2H])c1ccc(-c2ccnc(-c3[c-]c(-c4cccc5c4nc(-c4cc(C(C)(C)C)cc(C(C)(C)C)c4O)n5-c4ccc(-c5ccccc5)cc4C(C)(C)C)cc(C(C)(C)C)c3)c2)cc1.[Pt]. The molecule has 0 bridgehead atoms. The monoisotopic (exact) mass is 1030 g/mol. The number of phenols is 1. The minimum absolute atomic E-state index is 0. The van der Waals surface area contributed by atoms with Gasteiger partial charge in [0.05, 0.1) is 22.3 Å². The summed E-state index contributed by atoms with van der Waals surface area (Å²) in [5.41, 5.74) is 14.4. The van der Waals surface area contributed by atoms with Crippen LogP contribution in [-0.4, -0.2) is 19.6 Å². The van der Waals surface area contributed by atoms with E-state index < -0.39 is 6.85 Å². The molecular formula is C59H62N3OPt-. The first-order valence-corrected chi connectivity index (χ1v) is 22.0. The molecule has 0 aliphatic rings. The Morgan fingerprint density at radius 2 is 1.16 bits per heavy atom. The van der Waals surface area contributed by atoms with E-state index >= 15 is 0 Å². The molecule has 5 heteroatoms. The maximum atomic E-state index is 12.5. The van der Waals surface area contributed by atoms with E-state index in [0.717, 1.165) is 83.6 Å². The fraction of sp³-hybridized carbons (Fsp3) is 0.288. The molecule has 8 aromatic rings. The third-order valence-electron chi connectivity index (χ3n) is 12.1. The van der Waals surface area contributed by atoms with E-state index in [4.69, 9.17) is 14.1 Å². The Labute approximate surface area is 400 Å². The quantitative estimate of drug-likeness (QED) is 0.169. The topological polar surface area (TPSA) is 50.9 Å². The van der Waals surface area contributed by atoms with Gasteiger partial charge in [-0.2, -0.15) is 0 Å². The fourth-order valence-corrected chi connectivity index (χ4v) is 8.40. The van der Waals surface area contributed by atoms with Crippen LogP contribution in [0.15, 0.2) is 134 Å². The summed E-state index contributed by atoms with van der Waals surface area (Å²) in [5, 5.41) is 12.5. The van der Waals surface area contributed by atoms with Crippen LogP contribution in [0.25, 0.3) is 72.7 Å². The van der Waals surface area contributed by atoms with E-state index in [9.17, 15) is 5.11 Å². The Morgan fingerprint density at radius 3 is 1.80 bits per heavy atom. The summed E-state index contributed by atoms with van der Waals surface area (Å²) in [6.45, 7) is 24.3. The Kier molecular flexibility index (Phi) is 11.3. The number of hydrogen-bond acceptors (Lipinski definition) is 3. The van der Waals surface area contributed by atoms with Crippen molar-refractivity contribution in [3.05, 3.63) is 167 Å². The number of hydrogen-bond donors (Lipinski definition) is 1. The average Bonchev–Trinajstić information content (AvgIpc) is 3.64. The molecular weight excluding hydrogens is 962 g/mol. The molecule has 8 rings (SSSR count). The van der Waals surface area contributed by atoms with Gasteiger partial charge in [0.2, 0.25) is 0 Å². The Balaban J connectivity index is 0.00000666. The van der Waals surface area contributed by atoms with Crippen LogP contribution < -0.4 is 0 Å². The molecule has 0 spiro atoms. The van der Waals surface area contributed by atoms with Crippen LogP contribution in [0.3, 0.4) is 0 Å². The summed E-state index contributed by atoms with van der Waals surface area (Å²) in [5.74, 6) is 0.894. The van der Waals surface area contributed by atoms with Crippen molar-refractivity contribution in [2.24, 2.45) is 0 Å². The predicted octanol–water partition coefficient (Wildman–Crippen LogP) is 15.8. The normalized spacial score (nSPS) is 13.3. The first kappa shape index (κ1) is 42.4. The number of phenolic OH excluding ortho intramolecular Hbond substituents is 1. The summed E-state index contributed by atoms with van der Waals surface area (Å²) in [7, 11) is 0. The molecule has 0 unspecified atom stereocenters. The van der Waals surface area contributed by atoms with Crippen LogP contribution in [0.2, 0.25) is 0 Å². The van der Waals surface area contributed by atoms with Crippen molar-refractivity contribution in [1.82, 2.24) is 14.5 Å².